The monoisotopic (exact) mass is 388 g/mol. The summed E-state index contributed by atoms with van der Waals surface area (Å²) in [6.07, 6.45) is 2.14. The highest BCUT2D eigenvalue weighted by molar-refractivity contribution is 7.10. The van der Waals surface area contributed by atoms with Gasteiger partial charge in [0.25, 0.3) is 0 Å². The molecule has 0 aliphatic heterocycles. The van der Waals surface area contributed by atoms with Crippen LogP contribution in [0.25, 0.3) is 0 Å². The standard InChI is InChI=1S/C24H36O2S/c1-9-24(10-2,21-13-17(3)15-27-21)19-11-12-20(18(4)14-19)26-16-23(8,25)22(5,6)7/h11-15,25H,9-10,16H2,1-8H3. The lowest BCUT2D eigenvalue weighted by molar-refractivity contribution is -0.0725. The van der Waals surface area contributed by atoms with Gasteiger partial charge in [0.15, 0.2) is 0 Å². The Morgan fingerprint density at radius 3 is 2.07 bits per heavy atom. The molecule has 2 nitrogen and oxygen atoms in total. The van der Waals surface area contributed by atoms with Gasteiger partial charge in [-0.25, -0.2) is 0 Å². The van der Waals surface area contributed by atoms with Gasteiger partial charge in [0.05, 0.1) is 0 Å². The fraction of sp³-hybridized carbons (Fsp3) is 0.583. The van der Waals surface area contributed by atoms with Crippen LogP contribution < -0.4 is 4.74 Å². The second kappa shape index (κ2) is 7.97. The van der Waals surface area contributed by atoms with Crippen LogP contribution in [0.4, 0.5) is 0 Å². The number of rotatable bonds is 7. The fourth-order valence-electron chi connectivity index (χ4n) is 3.37. The van der Waals surface area contributed by atoms with Crippen molar-refractivity contribution in [3.63, 3.8) is 0 Å². The lowest BCUT2D eigenvalue weighted by Crippen LogP contribution is -2.45. The van der Waals surface area contributed by atoms with E-state index in [0.29, 0.717) is 0 Å². The second-order valence-electron chi connectivity index (χ2n) is 9.07. The van der Waals surface area contributed by atoms with Gasteiger partial charge < -0.3 is 9.84 Å². The number of aliphatic hydroxyl groups is 1. The van der Waals surface area contributed by atoms with E-state index < -0.39 is 5.60 Å². The van der Waals surface area contributed by atoms with E-state index in [1.165, 1.54) is 16.0 Å². The van der Waals surface area contributed by atoms with Gasteiger partial charge >= 0.3 is 0 Å². The summed E-state index contributed by atoms with van der Waals surface area (Å²) >= 11 is 1.86. The summed E-state index contributed by atoms with van der Waals surface area (Å²) in [7, 11) is 0. The molecule has 0 spiro atoms. The minimum absolute atomic E-state index is 0.0547. The second-order valence-corrected chi connectivity index (χ2v) is 9.98. The third-order valence-electron chi connectivity index (χ3n) is 6.26. The Morgan fingerprint density at radius 1 is 1.00 bits per heavy atom. The average Bonchev–Trinajstić information content (AvgIpc) is 3.01. The number of hydrogen-bond acceptors (Lipinski definition) is 3. The van der Waals surface area contributed by atoms with E-state index in [1.807, 2.05) is 39.0 Å². The van der Waals surface area contributed by atoms with Gasteiger partial charge in [0.1, 0.15) is 18.0 Å². The molecule has 1 atom stereocenters. The molecular formula is C24H36O2S. The van der Waals surface area contributed by atoms with Gasteiger partial charge in [-0.3, -0.25) is 0 Å². The molecule has 2 aromatic rings. The van der Waals surface area contributed by atoms with E-state index in [9.17, 15) is 5.11 Å². The van der Waals surface area contributed by atoms with Crippen LogP contribution in [0.15, 0.2) is 29.6 Å². The molecule has 1 aromatic heterocycles. The first-order valence-corrected chi connectivity index (χ1v) is 10.9. The molecule has 0 amide bonds. The molecule has 27 heavy (non-hydrogen) atoms. The highest BCUT2D eigenvalue weighted by atomic mass is 32.1. The molecule has 0 saturated carbocycles. The summed E-state index contributed by atoms with van der Waals surface area (Å²) in [6.45, 7) is 17.0. The van der Waals surface area contributed by atoms with E-state index in [0.717, 1.165) is 24.2 Å². The van der Waals surface area contributed by atoms with Crippen LogP contribution in [0.1, 0.15) is 76.0 Å². The molecule has 0 aliphatic carbocycles. The average molecular weight is 389 g/mol. The van der Waals surface area contributed by atoms with Crippen molar-refractivity contribution in [1.82, 2.24) is 0 Å². The summed E-state index contributed by atoms with van der Waals surface area (Å²) in [5, 5.41) is 12.9. The van der Waals surface area contributed by atoms with Crippen LogP contribution >= 0.6 is 11.3 Å². The summed E-state index contributed by atoms with van der Waals surface area (Å²) in [5.41, 5.74) is 2.74. The number of hydrogen-bond donors (Lipinski definition) is 1. The Bertz CT molecular complexity index is 761. The molecule has 0 fully saturated rings. The first-order valence-electron chi connectivity index (χ1n) is 9.99. The number of ether oxygens (including phenoxy) is 1. The lowest BCUT2D eigenvalue weighted by Gasteiger charge is -2.37. The summed E-state index contributed by atoms with van der Waals surface area (Å²) in [6, 6.07) is 8.88. The van der Waals surface area contributed by atoms with Crippen molar-refractivity contribution in [1.29, 1.82) is 0 Å². The topological polar surface area (TPSA) is 29.5 Å². The summed E-state index contributed by atoms with van der Waals surface area (Å²) < 4.78 is 6.03. The van der Waals surface area contributed by atoms with E-state index in [-0.39, 0.29) is 17.4 Å². The molecule has 1 N–H and O–H groups in total. The minimum atomic E-state index is -0.886. The highest BCUT2D eigenvalue weighted by Crippen LogP contribution is 2.43. The van der Waals surface area contributed by atoms with Gasteiger partial charge in [0.2, 0.25) is 0 Å². The Labute approximate surface area is 169 Å². The molecule has 1 aromatic carbocycles. The highest BCUT2D eigenvalue weighted by Gasteiger charge is 2.36. The third-order valence-corrected chi connectivity index (χ3v) is 7.51. The van der Waals surface area contributed by atoms with Crippen molar-refractivity contribution in [3.8, 4) is 5.75 Å². The maximum atomic E-state index is 10.7. The van der Waals surface area contributed by atoms with Crippen molar-refractivity contribution in [2.75, 3.05) is 6.61 Å². The number of thiophene rings is 1. The Balaban J connectivity index is 2.32. The van der Waals surface area contributed by atoms with Crippen LogP contribution in [0.3, 0.4) is 0 Å². The molecule has 1 unspecified atom stereocenters. The zero-order valence-electron chi connectivity index (χ0n) is 18.3. The van der Waals surface area contributed by atoms with Gasteiger partial charge in [-0.2, -0.15) is 0 Å². The zero-order chi connectivity index (χ0) is 20.5. The van der Waals surface area contributed by atoms with Crippen LogP contribution in [0.2, 0.25) is 0 Å². The molecule has 0 saturated heterocycles. The lowest BCUT2D eigenvalue weighted by atomic mass is 9.74. The van der Waals surface area contributed by atoms with E-state index in [4.69, 9.17) is 4.74 Å². The molecule has 0 bridgehead atoms. The molecule has 3 heteroatoms. The third kappa shape index (κ3) is 4.41. The van der Waals surface area contributed by atoms with Crippen molar-refractivity contribution in [3.05, 3.63) is 51.2 Å². The Morgan fingerprint density at radius 2 is 1.63 bits per heavy atom. The molecule has 150 valence electrons. The van der Waals surface area contributed by atoms with Crippen LogP contribution in [-0.4, -0.2) is 17.3 Å². The van der Waals surface area contributed by atoms with E-state index >= 15 is 0 Å². The molecule has 1 heterocycles. The van der Waals surface area contributed by atoms with Crippen LogP contribution in [0.5, 0.6) is 5.75 Å². The van der Waals surface area contributed by atoms with Crippen molar-refractivity contribution in [2.24, 2.45) is 5.41 Å². The van der Waals surface area contributed by atoms with Crippen LogP contribution in [-0.2, 0) is 5.41 Å². The largest absolute Gasteiger partial charge is 0.490 e. The predicted octanol–water partition coefficient (Wildman–Crippen LogP) is 6.65. The maximum Gasteiger partial charge on any atom is 0.122 e. The quantitative estimate of drug-likeness (QED) is 0.575. The summed E-state index contributed by atoms with van der Waals surface area (Å²) in [4.78, 5) is 1.44. The minimum Gasteiger partial charge on any atom is -0.490 e. The van der Waals surface area contributed by atoms with Crippen molar-refractivity contribution in [2.45, 2.75) is 79.2 Å². The zero-order valence-corrected chi connectivity index (χ0v) is 19.1. The van der Waals surface area contributed by atoms with E-state index in [2.05, 4.69) is 57.3 Å². The van der Waals surface area contributed by atoms with Gasteiger partial charge in [0, 0.05) is 10.3 Å². The maximum absolute atomic E-state index is 10.7. The normalized spacial score (nSPS) is 14.9. The summed E-state index contributed by atoms with van der Waals surface area (Å²) in [5.74, 6) is 0.853. The van der Waals surface area contributed by atoms with Gasteiger partial charge in [-0.1, -0.05) is 46.8 Å². The Kier molecular flexibility index (Phi) is 6.48. The predicted molar refractivity (Wildman–Crippen MR) is 117 cm³/mol. The molecule has 0 aliphatic rings. The smallest absolute Gasteiger partial charge is 0.122 e. The first kappa shape index (κ1) is 22.0. The number of benzene rings is 1. The van der Waals surface area contributed by atoms with Crippen molar-refractivity contribution < 1.29 is 9.84 Å². The molecular weight excluding hydrogens is 352 g/mol. The van der Waals surface area contributed by atoms with Gasteiger partial charge in [-0.05, 0) is 73.2 Å². The number of aryl methyl sites for hydroxylation is 2. The molecule has 0 radical (unpaired) electrons. The Hall–Kier alpha value is -1.32. The SMILES string of the molecule is CCC(CC)(c1ccc(OCC(C)(O)C(C)(C)C)c(C)c1)c1cc(C)cs1. The molecule has 2 rings (SSSR count). The first-order chi connectivity index (χ1) is 12.5. The van der Waals surface area contributed by atoms with Gasteiger partial charge in [-0.15, -0.1) is 11.3 Å². The van der Waals surface area contributed by atoms with Crippen molar-refractivity contribution >= 4 is 11.3 Å². The fourth-order valence-corrected chi connectivity index (χ4v) is 4.64. The van der Waals surface area contributed by atoms with E-state index in [1.54, 1.807) is 0 Å². The van der Waals surface area contributed by atoms with Crippen LogP contribution in [0, 0.1) is 19.3 Å².